The van der Waals surface area contributed by atoms with Gasteiger partial charge in [-0.05, 0) is 29.3 Å². The van der Waals surface area contributed by atoms with Crippen LogP contribution in [-0.4, -0.2) is 35.4 Å². The summed E-state index contributed by atoms with van der Waals surface area (Å²) in [5.41, 5.74) is 2.37. The molecule has 0 unspecified atom stereocenters. The summed E-state index contributed by atoms with van der Waals surface area (Å²) < 4.78 is 43.8. The summed E-state index contributed by atoms with van der Waals surface area (Å²) in [6.45, 7) is 0.472. The first-order valence-corrected chi connectivity index (χ1v) is 9.67. The molecule has 0 radical (unpaired) electrons. The molecule has 7 heteroatoms. The molecule has 2 aromatic carbocycles. The van der Waals surface area contributed by atoms with Gasteiger partial charge in [-0.25, -0.2) is 4.98 Å². The molecule has 1 saturated heterocycles. The van der Waals surface area contributed by atoms with Crippen LogP contribution in [-0.2, 0) is 6.18 Å². The summed E-state index contributed by atoms with van der Waals surface area (Å²) in [6, 6.07) is 20.2. The van der Waals surface area contributed by atoms with Crippen molar-refractivity contribution in [3.05, 3.63) is 78.5 Å². The number of rotatable bonds is 5. The number of alkyl halides is 3. The number of aliphatic hydroxyl groups excluding tert-OH is 1. The first-order valence-electron chi connectivity index (χ1n) is 9.67. The molecule has 0 saturated carbocycles. The van der Waals surface area contributed by atoms with Gasteiger partial charge in [0.25, 0.3) is 0 Å². The van der Waals surface area contributed by atoms with Crippen LogP contribution in [0.15, 0.2) is 72.9 Å². The van der Waals surface area contributed by atoms with E-state index in [2.05, 4.69) is 9.88 Å². The van der Waals surface area contributed by atoms with E-state index < -0.39 is 11.7 Å². The van der Waals surface area contributed by atoms with Crippen LogP contribution < -0.4 is 9.64 Å². The summed E-state index contributed by atoms with van der Waals surface area (Å²) in [5, 5.41) is 9.80. The standard InChI is InChI=1S/C23H21F3N2O2/c24-23(25,26)18-8-11-22(27-13-18)30-21-12-20(15-29)28(14-21)19-9-6-17(7-10-19)16-4-2-1-3-5-16/h1-11,13,20-21,29H,12,14-15H2/t20-,21+/m0/s1. The quantitative estimate of drug-likeness (QED) is 0.652. The topological polar surface area (TPSA) is 45.6 Å². The molecular formula is C23H21F3N2O2. The number of halogens is 3. The zero-order valence-electron chi connectivity index (χ0n) is 16.1. The number of hydrogen-bond acceptors (Lipinski definition) is 4. The molecule has 1 aliphatic heterocycles. The molecule has 2 heterocycles. The number of aromatic nitrogens is 1. The van der Waals surface area contributed by atoms with Crippen LogP contribution in [0.2, 0.25) is 0 Å². The molecule has 4 rings (SSSR count). The van der Waals surface area contributed by atoms with E-state index in [1.165, 1.54) is 6.07 Å². The van der Waals surface area contributed by atoms with E-state index in [0.29, 0.717) is 13.0 Å². The van der Waals surface area contributed by atoms with E-state index in [-0.39, 0.29) is 24.6 Å². The lowest BCUT2D eigenvalue weighted by Crippen LogP contribution is -2.32. The molecule has 0 aliphatic carbocycles. The molecule has 4 nitrogen and oxygen atoms in total. The van der Waals surface area contributed by atoms with Crippen molar-refractivity contribution in [1.82, 2.24) is 4.98 Å². The van der Waals surface area contributed by atoms with Crippen molar-refractivity contribution < 1.29 is 23.0 Å². The maximum absolute atomic E-state index is 12.7. The minimum absolute atomic E-state index is 0.0409. The smallest absolute Gasteiger partial charge is 0.417 e. The number of benzene rings is 2. The van der Waals surface area contributed by atoms with Crippen LogP contribution in [0.3, 0.4) is 0 Å². The number of aliphatic hydroxyl groups is 1. The van der Waals surface area contributed by atoms with Crippen molar-refractivity contribution >= 4 is 5.69 Å². The molecule has 0 amide bonds. The lowest BCUT2D eigenvalue weighted by Gasteiger charge is -2.25. The van der Waals surface area contributed by atoms with Crippen LogP contribution in [0.5, 0.6) is 5.88 Å². The molecule has 0 bridgehead atoms. The zero-order chi connectivity index (χ0) is 21.1. The second-order valence-corrected chi connectivity index (χ2v) is 7.26. The third-order valence-electron chi connectivity index (χ3n) is 5.24. The minimum Gasteiger partial charge on any atom is -0.472 e. The molecule has 1 aliphatic rings. The molecule has 1 aromatic heterocycles. The van der Waals surface area contributed by atoms with Gasteiger partial charge in [-0.2, -0.15) is 13.2 Å². The highest BCUT2D eigenvalue weighted by Crippen LogP contribution is 2.32. The van der Waals surface area contributed by atoms with Crippen molar-refractivity contribution in [3.8, 4) is 17.0 Å². The summed E-state index contributed by atoms with van der Waals surface area (Å²) >= 11 is 0. The van der Waals surface area contributed by atoms with Crippen molar-refractivity contribution in [2.75, 3.05) is 18.1 Å². The van der Waals surface area contributed by atoms with Gasteiger partial charge in [0.05, 0.1) is 24.8 Å². The molecule has 30 heavy (non-hydrogen) atoms. The van der Waals surface area contributed by atoms with Gasteiger partial charge in [-0.1, -0.05) is 42.5 Å². The fourth-order valence-electron chi connectivity index (χ4n) is 3.71. The minimum atomic E-state index is -4.43. The SMILES string of the molecule is OC[C@@H]1C[C@@H](Oc2ccc(C(F)(F)F)cn2)CN1c1ccc(-c2ccccc2)cc1. The van der Waals surface area contributed by atoms with E-state index in [4.69, 9.17) is 4.74 Å². The molecule has 156 valence electrons. The highest BCUT2D eigenvalue weighted by Gasteiger charge is 2.34. The van der Waals surface area contributed by atoms with E-state index in [9.17, 15) is 18.3 Å². The maximum atomic E-state index is 12.7. The summed E-state index contributed by atoms with van der Waals surface area (Å²) in [6.07, 6.45) is -3.38. The fraction of sp³-hybridized carbons (Fsp3) is 0.261. The third kappa shape index (κ3) is 4.41. The highest BCUT2D eigenvalue weighted by atomic mass is 19.4. The number of ether oxygens (including phenoxy) is 1. The molecule has 3 aromatic rings. The van der Waals surface area contributed by atoms with Gasteiger partial charge in [-0.15, -0.1) is 0 Å². The first-order chi connectivity index (χ1) is 14.4. The monoisotopic (exact) mass is 414 g/mol. The largest absolute Gasteiger partial charge is 0.472 e. The Balaban J connectivity index is 1.45. The van der Waals surface area contributed by atoms with Crippen LogP contribution in [0.1, 0.15) is 12.0 Å². The number of hydrogen-bond donors (Lipinski definition) is 1. The van der Waals surface area contributed by atoms with Crippen LogP contribution in [0.25, 0.3) is 11.1 Å². The van der Waals surface area contributed by atoms with Crippen molar-refractivity contribution in [3.63, 3.8) is 0 Å². The van der Waals surface area contributed by atoms with E-state index >= 15 is 0 Å². The second kappa shape index (κ2) is 8.36. The van der Waals surface area contributed by atoms with Gasteiger partial charge in [0, 0.05) is 24.4 Å². The summed E-state index contributed by atoms with van der Waals surface area (Å²) in [7, 11) is 0. The number of pyridine rings is 1. The number of anilines is 1. The Bertz CT molecular complexity index is 960. The van der Waals surface area contributed by atoms with Gasteiger partial charge < -0.3 is 14.7 Å². The second-order valence-electron chi connectivity index (χ2n) is 7.26. The van der Waals surface area contributed by atoms with Gasteiger partial charge in [0.15, 0.2) is 0 Å². The fourth-order valence-corrected chi connectivity index (χ4v) is 3.71. The highest BCUT2D eigenvalue weighted by molar-refractivity contribution is 5.66. The van der Waals surface area contributed by atoms with Crippen LogP contribution >= 0.6 is 0 Å². The van der Waals surface area contributed by atoms with E-state index in [0.717, 1.165) is 29.1 Å². The van der Waals surface area contributed by atoms with Crippen molar-refractivity contribution in [2.45, 2.75) is 24.7 Å². The Morgan fingerprint density at radius 1 is 0.967 bits per heavy atom. The van der Waals surface area contributed by atoms with Crippen LogP contribution in [0.4, 0.5) is 18.9 Å². The van der Waals surface area contributed by atoms with Gasteiger partial charge >= 0.3 is 6.18 Å². The Kier molecular flexibility index (Phi) is 5.63. The Morgan fingerprint density at radius 2 is 1.67 bits per heavy atom. The predicted octanol–water partition coefficient (Wildman–Crippen LogP) is 4.79. The summed E-state index contributed by atoms with van der Waals surface area (Å²) in [4.78, 5) is 5.84. The third-order valence-corrected chi connectivity index (χ3v) is 5.24. The van der Waals surface area contributed by atoms with Gasteiger partial charge in [0.2, 0.25) is 5.88 Å². The average Bonchev–Trinajstić information content (AvgIpc) is 3.17. The first kappa shape index (κ1) is 20.2. The lowest BCUT2D eigenvalue weighted by atomic mass is 10.1. The van der Waals surface area contributed by atoms with E-state index in [1.54, 1.807) is 0 Å². The van der Waals surface area contributed by atoms with Gasteiger partial charge in [-0.3, -0.25) is 0 Å². The van der Waals surface area contributed by atoms with Crippen LogP contribution in [0, 0.1) is 0 Å². The molecule has 2 atom stereocenters. The van der Waals surface area contributed by atoms with Crippen molar-refractivity contribution in [1.29, 1.82) is 0 Å². The summed E-state index contributed by atoms with van der Waals surface area (Å²) in [5.74, 6) is 0.144. The Labute approximate surface area is 172 Å². The lowest BCUT2D eigenvalue weighted by molar-refractivity contribution is -0.137. The predicted molar refractivity (Wildman–Crippen MR) is 108 cm³/mol. The van der Waals surface area contributed by atoms with Gasteiger partial charge in [0.1, 0.15) is 6.10 Å². The average molecular weight is 414 g/mol. The van der Waals surface area contributed by atoms with Crippen molar-refractivity contribution in [2.24, 2.45) is 0 Å². The Morgan fingerprint density at radius 3 is 2.27 bits per heavy atom. The maximum Gasteiger partial charge on any atom is 0.417 e. The molecule has 1 fully saturated rings. The number of nitrogens with zero attached hydrogens (tertiary/aromatic N) is 2. The Hall–Kier alpha value is -3.06. The molecular weight excluding hydrogens is 393 g/mol. The molecule has 1 N–H and O–H groups in total. The zero-order valence-corrected chi connectivity index (χ0v) is 16.1. The molecule has 0 spiro atoms. The normalized spacial score (nSPS) is 19.1. The van der Waals surface area contributed by atoms with E-state index in [1.807, 2.05) is 54.6 Å².